The first-order chi connectivity index (χ1) is 10.5. The fourth-order valence-electron chi connectivity index (χ4n) is 0.285. The summed E-state index contributed by atoms with van der Waals surface area (Å²) in [5, 5.41) is 19.0. The van der Waals surface area contributed by atoms with Crippen molar-refractivity contribution >= 4 is 138 Å². The van der Waals surface area contributed by atoms with Crippen LogP contribution in [0.4, 0.5) is 0 Å². The summed E-state index contributed by atoms with van der Waals surface area (Å²) in [4.78, 5) is 19.0. The first-order valence-corrected chi connectivity index (χ1v) is 9.98. The van der Waals surface area contributed by atoms with Gasteiger partial charge in [0.15, 0.2) is 0 Å². The third-order valence-electron chi connectivity index (χ3n) is 1.03. The van der Waals surface area contributed by atoms with Gasteiger partial charge in [-0.15, -0.1) is 0 Å². The standard InChI is InChI=1S/C4H8N2S4.2C2HCl3O2.2Na/c5-3(7)9-1-2-10-4(6)8;2*3-2(4,5)1(6)7;;/h1-2H2,(H2,5,7)(H2,6,8);2*(H,6,7);;/q;;;2*+1/p-2. The summed E-state index contributed by atoms with van der Waals surface area (Å²) in [6, 6.07) is 0. The van der Waals surface area contributed by atoms with E-state index in [1.807, 2.05) is 0 Å². The van der Waals surface area contributed by atoms with Crippen molar-refractivity contribution in [3.8, 4) is 0 Å². The topological polar surface area (TPSA) is 132 Å². The fourth-order valence-corrected chi connectivity index (χ4v) is 1.85. The molecule has 0 radical (unpaired) electrons. The van der Waals surface area contributed by atoms with Crippen LogP contribution in [0.2, 0.25) is 0 Å². The van der Waals surface area contributed by atoms with Gasteiger partial charge in [-0.1, -0.05) is 118 Å². The molecule has 0 aliphatic rings. The Morgan fingerprint density at radius 2 is 0.923 bits per heavy atom. The smallest absolute Gasteiger partial charge is 0.545 e. The van der Waals surface area contributed by atoms with Crippen molar-refractivity contribution in [2.45, 2.75) is 7.59 Å². The Hall–Kier alpha value is 3.16. The number of hydrogen-bond acceptors (Lipinski definition) is 8. The quantitative estimate of drug-likeness (QED) is 0.145. The Balaban J connectivity index is -0.0000000836. The van der Waals surface area contributed by atoms with E-state index in [9.17, 15) is 19.8 Å². The van der Waals surface area contributed by atoms with E-state index >= 15 is 0 Å². The number of carboxylic acids is 2. The van der Waals surface area contributed by atoms with E-state index in [0.29, 0.717) is 8.64 Å². The molecule has 0 unspecified atom stereocenters. The number of alkyl halides is 6. The molecule has 0 saturated heterocycles. The molecular formula is C8H8Cl6N2Na2O4S4. The van der Waals surface area contributed by atoms with Crippen LogP contribution in [-0.4, -0.2) is 39.7 Å². The molecule has 18 heteroatoms. The van der Waals surface area contributed by atoms with Crippen molar-refractivity contribution in [2.75, 3.05) is 11.5 Å². The third-order valence-corrected chi connectivity index (χ3v) is 4.31. The molecule has 0 atom stereocenters. The Morgan fingerprint density at radius 3 is 1.00 bits per heavy atom. The molecule has 0 aliphatic carbocycles. The Bertz CT molecular complexity index is 413. The number of thiocarbonyl (C=S) groups is 2. The Kier molecular flexibility index (Phi) is 32.6. The second-order valence-corrected chi connectivity index (χ2v) is 11.1. The molecule has 0 heterocycles. The number of carbonyl (C=O) groups excluding carboxylic acids is 2. The summed E-state index contributed by atoms with van der Waals surface area (Å²) >= 11 is 40.6. The van der Waals surface area contributed by atoms with Gasteiger partial charge >= 0.3 is 59.1 Å². The summed E-state index contributed by atoms with van der Waals surface area (Å²) in [5.74, 6) is -1.68. The van der Waals surface area contributed by atoms with Crippen LogP contribution in [0, 0.1) is 0 Å². The number of nitrogens with two attached hydrogens (primary N) is 2. The normalized spacial score (nSPS) is 9.62. The first kappa shape index (κ1) is 39.6. The van der Waals surface area contributed by atoms with Crippen LogP contribution in [0.1, 0.15) is 0 Å². The second kappa shape index (κ2) is 21.4. The van der Waals surface area contributed by atoms with Gasteiger partial charge in [0.1, 0.15) is 8.64 Å². The SMILES string of the molecule is NC(=S)SCCSC(N)=S.O=C([O-])C(Cl)(Cl)Cl.O=C([O-])C(Cl)(Cl)Cl.[Na+].[Na+]. The van der Waals surface area contributed by atoms with E-state index in [1.165, 1.54) is 23.5 Å². The van der Waals surface area contributed by atoms with Crippen LogP contribution in [-0.2, 0) is 9.59 Å². The molecule has 142 valence electrons. The van der Waals surface area contributed by atoms with Crippen LogP contribution in [0.15, 0.2) is 0 Å². The maximum absolute atomic E-state index is 9.51. The van der Waals surface area contributed by atoms with Gasteiger partial charge in [-0.05, 0) is 0 Å². The average molecular weight is 583 g/mol. The molecule has 0 aromatic heterocycles. The maximum atomic E-state index is 9.51. The zero-order valence-electron chi connectivity index (χ0n) is 13.1. The predicted octanol–water partition coefficient (Wildman–Crippen LogP) is -4.84. The zero-order chi connectivity index (χ0) is 20.1. The number of halogens is 6. The van der Waals surface area contributed by atoms with Crippen LogP contribution >= 0.6 is 118 Å². The second-order valence-electron chi connectivity index (χ2n) is 2.91. The average Bonchev–Trinajstić information content (AvgIpc) is 2.33. The molecule has 0 aromatic rings. The molecule has 0 aliphatic heterocycles. The summed E-state index contributed by atoms with van der Waals surface area (Å²) in [5.41, 5.74) is 10.5. The number of carboxylic acid groups (broad SMARTS) is 2. The van der Waals surface area contributed by atoms with E-state index in [2.05, 4.69) is 24.4 Å². The molecule has 0 bridgehead atoms. The molecule has 0 amide bonds. The van der Waals surface area contributed by atoms with Crippen LogP contribution in [0.3, 0.4) is 0 Å². The minimum atomic E-state index is -2.28. The molecule has 0 saturated carbocycles. The molecule has 0 spiro atoms. The van der Waals surface area contributed by atoms with Crippen LogP contribution in [0.5, 0.6) is 0 Å². The van der Waals surface area contributed by atoms with E-state index in [0.717, 1.165) is 11.5 Å². The van der Waals surface area contributed by atoms with Gasteiger partial charge < -0.3 is 31.3 Å². The van der Waals surface area contributed by atoms with Gasteiger partial charge in [0.25, 0.3) is 0 Å². The monoisotopic (exact) mass is 580 g/mol. The Labute approximate surface area is 244 Å². The molecule has 0 aromatic carbocycles. The number of carbonyl (C=O) groups is 2. The van der Waals surface area contributed by atoms with Crippen molar-refractivity contribution in [3.63, 3.8) is 0 Å². The van der Waals surface area contributed by atoms with Crippen molar-refractivity contribution in [3.05, 3.63) is 0 Å². The summed E-state index contributed by atoms with van der Waals surface area (Å²) < 4.78 is -3.60. The summed E-state index contributed by atoms with van der Waals surface area (Å²) in [7, 11) is 0. The maximum Gasteiger partial charge on any atom is 1.00 e. The minimum absolute atomic E-state index is 0. The van der Waals surface area contributed by atoms with Gasteiger partial charge in [0.05, 0.1) is 11.9 Å². The van der Waals surface area contributed by atoms with Crippen molar-refractivity contribution < 1.29 is 78.9 Å². The van der Waals surface area contributed by atoms with Crippen LogP contribution in [0.25, 0.3) is 0 Å². The van der Waals surface area contributed by atoms with Crippen molar-refractivity contribution in [2.24, 2.45) is 11.5 Å². The first-order valence-electron chi connectivity index (χ1n) is 4.92. The van der Waals surface area contributed by atoms with E-state index in [1.54, 1.807) is 0 Å². The van der Waals surface area contributed by atoms with Gasteiger partial charge in [-0.3, -0.25) is 0 Å². The number of rotatable bonds is 3. The summed E-state index contributed by atoms with van der Waals surface area (Å²) in [6.07, 6.45) is 0. The molecule has 0 fully saturated rings. The summed E-state index contributed by atoms with van der Waals surface area (Å²) in [6.45, 7) is 0. The van der Waals surface area contributed by atoms with Gasteiger partial charge in [-0.25, -0.2) is 0 Å². The molecular weight excluding hydrogens is 575 g/mol. The van der Waals surface area contributed by atoms with E-state index in [4.69, 9.17) is 81.1 Å². The van der Waals surface area contributed by atoms with E-state index < -0.39 is 19.5 Å². The minimum Gasteiger partial charge on any atom is -0.545 e. The zero-order valence-corrected chi connectivity index (χ0v) is 24.9. The van der Waals surface area contributed by atoms with Gasteiger partial charge in [-0.2, -0.15) is 0 Å². The van der Waals surface area contributed by atoms with Crippen molar-refractivity contribution in [1.82, 2.24) is 0 Å². The fraction of sp³-hybridized carbons (Fsp3) is 0.500. The number of thioether (sulfide) groups is 2. The van der Waals surface area contributed by atoms with Gasteiger partial charge in [0.2, 0.25) is 7.59 Å². The molecule has 6 nitrogen and oxygen atoms in total. The van der Waals surface area contributed by atoms with E-state index in [-0.39, 0.29) is 59.1 Å². The largest absolute Gasteiger partial charge is 1.00 e. The van der Waals surface area contributed by atoms with Gasteiger partial charge in [0, 0.05) is 11.5 Å². The third kappa shape index (κ3) is 37.8. The number of aliphatic carboxylic acids is 2. The molecule has 0 rings (SSSR count). The Morgan fingerprint density at radius 1 is 0.769 bits per heavy atom. The predicted molar refractivity (Wildman–Crippen MR) is 109 cm³/mol. The number of hydrogen-bond donors (Lipinski definition) is 2. The van der Waals surface area contributed by atoms with Crippen molar-refractivity contribution in [1.29, 1.82) is 0 Å². The molecule has 26 heavy (non-hydrogen) atoms. The molecule has 4 N–H and O–H groups in total. The van der Waals surface area contributed by atoms with Crippen LogP contribution < -0.4 is 80.8 Å².